The summed E-state index contributed by atoms with van der Waals surface area (Å²) in [5, 5.41) is 19.9. The molecule has 0 bridgehead atoms. The summed E-state index contributed by atoms with van der Waals surface area (Å²) >= 11 is 1.56. The van der Waals surface area contributed by atoms with Gasteiger partial charge in [0, 0.05) is 31.1 Å². The molecule has 164 valence electrons. The van der Waals surface area contributed by atoms with Crippen LogP contribution in [-0.2, 0) is 4.79 Å². The van der Waals surface area contributed by atoms with Crippen molar-refractivity contribution in [3.05, 3.63) is 35.1 Å². The smallest absolute Gasteiger partial charge is 0.248 e. The first-order valence-corrected chi connectivity index (χ1v) is 11.6. The Bertz CT molecular complexity index is 1110. The van der Waals surface area contributed by atoms with E-state index in [2.05, 4.69) is 10.3 Å². The number of ether oxygens (including phenoxy) is 1. The van der Waals surface area contributed by atoms with Crippen LogP contribution in [0.2, 0.25) is 0 Å². The molecule has 1 unspecified atom stereocenters. The Kier molecular flexibility index (Phi) is 5.18. The normalized spacial score (nSPS) is 22.4. The summed E-state index contributed by atoms with van der Waals surface area (Å²) in [5.74, 6) is 1.24. The number of aliphatic hydroxyl groups is 1. The lowest BCUT2D eigenvalue weighted by Gasteiger charge is -2.29. The Morgan fingerprint density at radius 1 is 1.32 bits per heavy atom. The maximum Gasteiger partial charge on any atom is 0.248 e. The summed E-state index contributed by atoms with van der Waals surface area (Å²) in [6, 6.07) is 5.09. The number of aliphatic hydroxyl groups excluding tert-OH is 1. The number of methoxy groups -OCH3 is 1. The van der Waals surface area contributed by atoms with Crippen molar-refractivity contribution in [1.82, 2.24) is 24.9 Å². The zero-order valence-electron chi connectivity index (χ0n) is 17.9. The van der Waals surface area contributed by atoms with Gasteiger partial charge in [0.25, 0.3) is 0 Å². The van der Waals surface area contributed by atoms with Crippen molar-refractivity contribution in [3.8, 4) is 5.75 Å². The molecule has 2 aliphatic rings. The average Bonchev–Trinajstić information content (AvgIpc) is 3.15. The first-order valence-electron chi connectivity index (χ1n) is 10.8. The number of rotatable bonds is 6. The lowest BCUT2D eigenvalue weighted by molar-refractivity contribution is -0.137. The Hall–Kier alpha value is -2.52. The zero-order valence-corrected chi connectivity index (χ0v) is 18.7. The number of thiazole rings is 1. The highest BCUT2D eigenvalue weighted by atomic mass is 32.1. The second-order valence-corrected chi connectivity index (χ2v) is 9.93. The van der Waals surface area contributed by atoms with E-state index in [9.17, 15) is 9.90 Å². The summed E-state index contributed by atoms with van der Waals surface area (Å²) in [5.41, 5.74) is 1.82. The highest BCUT2D eigenvalue weighted by Crippen LogP contribution is 2.41. The lowest BCUT2D eigenvalue weighted by atomic mass is 10.0. The lowest BCUT2D eigenvalue weighted by Crippen LogP contribution is -2.40. The predicted molar refractivity (Wildman–Crippen MR) is 117 cm³/mol. The van der Waals surface area contributed by atoms with E-state index in [1.807, 2.05) is 38.2 Å². The van der Waals surface area contributed by atoms with Gasteiger partial charge >= 0.3 is 0 Å². The fraction of sp³-hybridized carbons (Fsp3) is 0.545. The number of amides is 1. The molecule has 1 amide bonds. The van der Waals surface area contributed by atoms with E-state index >= 15 is 0 Å². The highest BCUT2D eigenvalue weighted by Gasteiger charge is 2.41. The number of carbonyl (C=O) groups is 1. The molecule has 8 nitrogen and oxygen atoms in total. The Morgan fingerprint density at radius 3 is 2.84 bits per heavy atom. The van der Waals surface area contributed by atoms with Crippen molar-refractivity contribution < 1.29 is 14.6 Å². The fourth-order valence-corrected chi connectivity index (χ4v) is 5.43. The monoisotopic (exact) mass is 441 g/mol. The Morgan fingerprint density at radius 2 is 2.13 bits per heavy atom. The molecule has 0 spiro atoms. The van der Waals surface area contributed by atoms with Gasteiger partial charge in [-0.1, -0.05) is 19.1 Å². The van der Waals surface area contributed by atoms with Crippen molar-refractivity contribution in [2.24, 2.45) is 5.92 Å². The van der Waals surface area contributed by atoms with E-state index in [0.29, 0.717) is 18.9 Å². The second kappa shape index (κ2) is 7.87. The molecule has 3 aromatic rings. The largest absolute Gasteiger partial charge is 0.497 e. The van der Waals surface area contributed by atoms with Gasteiger partial charge in [0.05, 0.1) is 35.2 Å². The van der Waals surface area contributed by atoms with Crippen molar-refractivity contribution in [1.29, 1.82) is 0 Å². The van der Waals surface area contributed by atoms with Crippen LogP contribution < -0.4 is 4.74 Å². The van der Waals surface area contributed by atoms with Crippen LogP contribution in [0.5, 0.6) is 5.75 Å². The molecule has 1 aliphatic carbocycles. The topological polar surface area (TPSA) is 93.4 Å². The van der Waals surface area contributed by atoms with Crippen LogP contribution in [0.1, 0.15) is 61.8 Å². The molecule has 9 heteroatoms. The molecular weight excluding hydrogens is 414 g/mol. The number of likely N-dealkylation sites (tertiary alicyclic amines) is 1. The van der Waals surface area contributed by atoms with E-state index < -0.39 is 12.1 Å². The fourth-order valence-electron chi connectivity index (χ4n) is 4.35. The number of benzene rings is 1. The minimum Gasteiger partial charge on any atom is -0.497 e. The van der Waals surface area contributed by atoms with Gasteiger partial charge in [0.15, 0.2) is 0 Å². The van der Waals surface area contributed by atoms with Crippen molar-refractivity contribution in [3.63, 3.8) is 0 Å². The van der Waals surface area contributed by atoms with Crippen molar-refractivity contribution in [2.75, 3.05) is 13.7 Å². The molecule has 1 aromatic carbocycles. The quantitative estimate of drug-likeness (QED) is 0.631. The van der Waals surface area contributed by atoms with Gasteiger partial charge in [0.2, 0.25) is 5.91 Å². The molecule has 3 heterocycles. The summed E-state index contributed by atoms with van der Waals surface area (Å²) < 4.78 is 8.06. The second-order valence-electron chi connectivity index (χ2n) is 8.87. The predicted octanol–water partition coefficient (Wildman–Crippen LogP) is 3.31. The number of fused-ring (bicyclic) bond motifs is 1. The average molecular weight is 442 g/mol. The third kappa shape index (κ3) is 3.80. The third-order valence-corrected chi connectivity index (χ3v) is 7.29. The maximum atomic E-state index is 13.7. The maximum absolute atomic E-state index is 13.7. The van der Waals surface area contributed by atoms with E-state index in [1.54, 1.807) is 28.0 Å². The van der Waals surface area contributed by atoms with Gasteiger partial charge < -0.3 is 14.7 Å². The summed E-state index contributed by atoms with van der Waals surface area (Å²) in [6.45, 7) is 4.34. The SMILES string of the molecule is COc1ccc2sc([C@@H]3C[C@@H](O)CN3C(=O)C(C(C)C)n3cc(C4CC4)nn3)nc2c1. The Labute approximate surface area is 184 Å². The van der Waals surface area contributed by atoms with Crippen LogP contribution in [0.15, 0.2) is 24.4 Å². The van der Waals surface area contributed by atoms with E-state index in [1.165, 1.54) is 0 Å². The molecule has 0 radical (unpaired) electrons. The summed E-state index contributed by atoms with van der Waals surface area (Å²) in [4.78, 5) is 20.3. The van der Waals surface area contributed by atoms with Gasteiger partial charge in [-0.3, -0.25) is 4.79 Å². The molecule has 1 saturated heterocycles. The molecular formula is C22H27N5O3S. The molecule has 2 fully saturated rings. The van der Waals surface area contributed by atoms with Crippen LogP contribution in [0.4, 0.5) is 0 Å². The number of β-amino-alcohol motifs (C(OH)–C–C–N with tert-alkyl or cyclic N) is 1. The van der Waals surface area contributed by atoms with Gasteiger partial charge in [0.1, 0.15) is 16.8 Å². The molecule has 3 atom stereocenters. The highest BCUT2D eigenvalue weighted by molar-refractivity contribution is 7.18. The van der Waals surface area contributed by atoms with Crippen LogP contribution in [0, 0.1) is 5.92 Å². The number of hydrogen-bond donors (Lipinski definition) is 1. The first kappa shape index (κ1) is 20.4. The van der Waals surface area contributed by atoms with Crippen LogP contribution >= 0.6 is 11.3 Å². The molecule has 1 N–H and O–H groups in total. The number of hydrogen-bond acceptors (Lipinski definition) is 7. The van der Waals surface area contributed by atoms with Crippen molar-refractivity contribution in [2.45, 2.75) is 57.2 Å². The minimum absolute atomic E-state index is 0.0410. The molecule has 1 aliphatic heterocycles. The number of nitrogens with zero attached hydrogens (tertiary/aromatic N) is 5. The standard InChI is InChI=1S/C22H27N5O3S/c1-12(2)20(27-11-17(24-25-27)13-4-5-13)22(29)26-10-14(28)8-18(26)21-23-16-9-15(30-3)6-7-19(16)31-21/h6-7,9,11-14,18,20,28H,4-5,8,10H2,1-3H3/t14-,18+,20?/m1/s1. The van der Waals surface area contributed by atoms with Crippen molar-refractivity contribution >= 4 is 27.5 Å². The van der Waals surface area contributed by atoms with Crippen LogP contribution in [0.25, 0.3) is 10.2 Å². The van der Waals surface area contributed by atoms with Gasteiger partial charge in [-0.25, -0.2) is 9.67 Å². The third-order valence-electron chi connectivity index (χ3n) is 6.15. The molecule has 2 aromatic heterocycles. The zero-order chi connectivity index (χ0) is 21.7. The van der Waals surface area contributed by atoms with E-state index in [-0.39, 0.29) is 17.9 Å². The van der Waals surface area contributed by atoms with Gasteiger partial charge in [-0.15, -0.1) is 16.4 Å². The molecule has 5 rings (SSSR count). The van der Waals surface area contributed by atoms with Crippen LogP contribution in [0.3, 0.4) is 0 Å². The summed E-state index contributed by atoms with van der Waals surface area (Å²) in [7, 11) is 1.63. The molecule has 31 heavy (non-hydrogen) atoms. The van der Waals surface area contributed by atoms with Gasteiger partial charge in [-0.2, -0.15) is 0 Å². The van der Waals surface area contributed by atoms with E-state index in [4.69, 9.17) is 9.72 Å². The first-order chi connectivity index (χ1) is 14.9. The number of carbonyl (C=O) groups excluding carboxylic acids is 1. The van der Waals surface area contributed by atoms with E-state index in [0.717, 1.165) is 39.5 Å². The Balaban J connectivity index is 1.45. The number of aromatic nitrogens is 4. The summed E-state index contributed by atoms with van der Waals surface area (Å²) in [6.07, 6.45) is 4.12. The van der Waals surface area contributed by atoms with Crippen LogP contribution in [-0.4, -0.2) is 55.6 Å². The minimum atomic E-state index is -0.568. The van der Waals surface area contributed by atoms with Gasteiger partial charge in [-0.05, 0) is 30.9 Å². The molecule has 1 saturated carbocycles.